The fraction of sp³-hybridized carbons (Fsp3) is 0.158. The number of anilines is 1. The minimum absolute atomic E-state index is 0.0807. The van der Waals surface area contributed by atoms with E-state index in [1.807, 2.05) is 6.92 Å². The van der Waals surface area contributed by atoms with Crippen LogP contribution in [0.25, 0.3) is 10.9 Å². The molecule has 0 spiro atoms. The van der Waals surface area contributed by atoms with Crippen molar-refractivity contribution in [1.82, 2.24) is 4.98 Å². The molecule has 8 heteroatoms. The number of sulfonamides is 1. The first kappa shape index (κ1) is 17.3. The molecule has 0 saturated heterocycles. The van der Waals surface area contributed by atoms with Crippen LogP contribution in [-0.2, 0) is 21.4 Å². The van der Waals surface area contributed by atoms with Gasteiger partial charge in [-0.2, -0.15) is 0 Å². The molecule has 27 heavy (non-hydrogen) atoms. The molecule has 138 valence electrons. The minimum atomic E-state index is -3.90. The van der Waals surface area contributed by atoms with Crippen molar-refractivity contribution in [3.63, 3.8) is 0 Å². The van der Waals surface area contributed by atoms with E-state index in [9.17, 15) is 13.2 Å². The maximum Gasteiger partial charge on any atom is 0.338 e. The van der Waals surface area contributed by atoms with E-state index in [0.29, 0.717) is 34.5 Å². The normalized spacial score (nSPS) is 13.3. The summed E-state index contributed by atoms with van der Waals surface area (Å²) in [6.07, 6.45) is 1.58. The van der Waals surface area contributed by atoms with Crippen LogP contribution in [0, 0.1) is 0 Å². The molecule has 4 rings (SSSR count). The van der Waals surface area contributed by atoms with Crippen LogP contribution in [0.3, 0.4) is 0 Å². The quantitative estimate of drug-likeness (QED) is 0.679. The number of aromatic nitrogens is 1. The van der Waals surface area contributed by atoms with E-state index < -0.39 is 16.0 Å². The Bertz CT molecular complexity index is 1160. The smallest absolute Gasteiger partial charge is 0.338 e. The molecule has 2 heterocycles. The summed E-state index contributed by atoms with van der Waals surface area (Å²) >= 11 is 0. The molecular formula is C19H16N2O5S. The highest BCUT2D eigenvalue weighted by Crippen LogP contribution is 2.31. The van der Waals surface area contributed by atoms with Gasteiger partial charge in [0.1, 0.15) is 17.9 Å². The first-order valence-corrected chi connectivity index (χ1v) is 9.81. The molecule has 1 aromatic heterocycles. The van der Waals surface area contributed by atoms with Gasteiger partial charge < -0.3 is 9.47 Å². The number of fused-ring (bicyclic) bond motifs is 2. The molecule has 0 saturated carbocycles. The standard InChI is InChI=1S/C19H16N2O5S/c1-2-25-16-7-8-17(14-4-3-9-20-18(14)16)27(23,24)21-13-6-5-12-11-26-19(22)15(12)10-13/h3-10,21H,2,11H2,1H3. The number of nitrogens with zero attached hydrogens (tertiary/aromatic N) is 1. The van der Waals surface area contributed by atoms with Gasteiger partial charge in [-0.1, -0.05) is 6.07 Å². The van der Waals surface area contributed by atoms with Gasteiger partial charge >= 0.3 is 5.97 Å². The predicted octanol–water partition coefficient (Wildman–Crippen LogP) is 3.10. The van der Waals surface area contributed by atoms with Crippen molar-refractivity contribution in [2.45, 2.75) is 18.4 Å². The average Bonchev–Trinajstić information content (AvgIpc) is 3.02. The van der Waals surface area contributed by atoms with Gasteiger partial charge in [0.2, 0.25) is 0 Å². The van der Waals surface area contributed by atoms with Crippen LogP contribution < -0.4 is 9.46 Å². The van der Waals surface area contributed by atoms with Gasteiger partial charge in [0.25, 0.3) is 10.0 Å². The van der Waals surface area contributed by atoms with Crippen molar-refractivity contribution in [3.05, 3.63) is 59.8 Å². The lowest BCUT2D eigenvalue weighted by Crippen LogP contribution is -2.14. The van der Waals surface area contributed by atoms with Crippen molar-refractivity contribution in [2.75, 3.05) is 11.3 Å². The summed E-state index contributed by atoms with van der Waals surface area (Å²) in [5.41, 5.74) is 1.87. The highest BCUT2D eigenvalue weighted by Gasteiger charge is 2.24. The van der Waals surface area contributed by atoms with Crippen LogP contribution in [0.15, 0.2) is 53.6 Å². The van der Waals surface area contributed by atoms with Gasteiger partial charge in [0.05, 0.1) is 17.1 Å². The van der Waals surface area contributed by atoms with Gasteiger partial charge in [-0.25, -0.2) is 13.2 Å². The molecule has 1 aliphatic rings. The van der Waals surface area contributed by atoms with Crippen LogP contribution in [0.2, 0.25) is 0 Å². The Labute approximate surface area is 156 Å². The summed E-state index contributed by atoms with van der Waals surface area (Å²) in [4.78, 5) is 16.0. The number of pyridine rings is 1. The molecule has 1 aliphatic heterocycles. The number of rotatable bonds is 5. The zero-order valence-corrected chi connectivity index (χ0v) is 15.2. The first-order chi connectivity index (χ1) is 13.0. The second-order valence-corrected chi connectivity index (χ2v) is 7.60. The molecule has 0 fully saturated rings. The number of carbonyl (C=O) groups is 1. The Morgan fingerprint density at radius 1 is 1.22 bits per heavy atom. The second-order valence-electron chi connectivity index (χ2n) is 5.95. The largest absolute Gasteiger partial charge is 0.492 e. The van der Waals surface area contributed by atoms with Gasteiger partial charge in [0, 0.05) is 22.8 Å². The van der Waals surface area contributed by atoms with Gasteiger partial charge in [-0.05, 0) is 43.3 Å². The number of cyclic esters (lactones) is 1. The van der Waals surface area contributed by atoms with Crippen LogP contribution in [0.4, 0.5) is 5.69 Å². The summed E-state index contributed by atoms with van der Waals surface area (Å²) in [6.45, 7) is 2.50. The third-order valence-electron chi connectivity index (χ3n) is 4.22. The zero-order chi connectivity index (χ0) is 19.0. The van der Waals surface area contributed by atoms with Crippen molar-refractivity contribution in [2.24, 2.45) is 0 Å². The van der Waals surface area contributed by atoms with E-state index in [1.165, 1.54) is 12.1 Å². The molecule has 0 radical (unpaired) electrons. The molecule has 0 aliphatic carbocycles. The monoisotopic (exact) mass is 384 g/mol. The molecule has 0 unspecified atom stereocenters. The highest BCUT2D eigenvalue weighted by atomic mass is 32.2. The SMILES string of the molecule is CCOc1ccc(S(=O)(=O)Nc2ccc3c(c2)C(=O)OC3)c2cccnc12. The fourth-order valence-corrected chi connectivity index (χ4v) is 4.26. The maximum atomic E-state index is 13.0. The van der Waals surface area contributed by atoms with Crippen LogP contribution >= 0.6 is 0 Å². The van der Waals surface area contributed by atoms with E-state index in [0.717, 1.165) is 5.56 Å². The third kappa shape index (κ3) is 3.08. The number of carbonyl (C=O) groups excluding carboxylic acids is 1. The Morgan fingerprint density at radius 2 is 2.07 bits per heavy atom. The number of nitrogens with one attached hydrogen (secondary N) is 1. The molecule has 7 nitrogen and oxygen atoms in total. The Morgan fingerprint density at radius 3 is 2.89 bits per heavy atom. The summed E-state index contributed by atoms with van der Waals surface area (Å²) in [7, 11) is -3.90. The molecule has 3 aromatic rings. The number of hydrogen-bond acceptors (Lipinski definition) is 6. The summed E-state index contributed by atoms with van der Waals surface area (Å²) in [5.74, 6) is 0.0640. The predicted molar refractivity (Wildman–Crippen MR) is 99.3 cm³/mol. The Balaban J connectivity index is 1.76. The average molecular weight is 384 g/mol. The van der Waals surface area contributed by atoms with E-state index in [2.05, 4.69) is 9.71 Å². The van der Waals surface area contributed by atoms with Crippen molar-refractivity contribution in [3.8, 4) is 5.75 Å². The van der Waals surface area contributed by atoms with Crippen LogP contribution in [-0.4, -0.2) is 26.0 Å². The summed E-state index contributed by atoms with van der Waals surface area (Å²) < 4.78 is 39.0. The number of benzene rings is 2. The lowest BCUT2D eigenvalue weighted by Gasteiger charge is -2.13. The molecule has 2 aromatic carbocycles. The van der Waals surface area contributed by atoms with Gasteiger partial charge in [-0.3, -0.25) is 9.71 Å². The van der Waals surface area contributed by atoms with Gasteiger partial charge in [-0.15, -0.1) is 0 Å². The molecule has 0 amide bonds. The van der Waals surface area contributed by atoms with E-state index in [1.54, 1.807) is 36.5 Å². The highest BCUT2D eigenvalue weighted by molar-refractivity contribution is 7.93. The molecular weight excluding hydrogens is 368 g/mol. The van der Waals surface area contributed by atoms with E-state index in [-0.39, 0.29) is 11.5 Å². The third-order valence-corrected chi connectivity index (χ3v) is 5.66. The van der Waals surface area contributed by atoms with E-state index >= 15 is 0 Å². The first-order valence-electron chi connectivity index (χ1n) is 8.33. The topological polar surface area (TPSA) is 94.6 Å². The second kappa shape index (κ2) is 6.55. The minimum Gasteiger partial charge on any atom is -0.492 e. The molecule has 0 atom stereocenters. The number of ether oxygens (including phenoxy) is 2. The number of esters is 1. The van der Waals surface area contributed by atoms with Crippen molar-refractivity contribution < 1.29 is 22.7 Å². The summed E-state index contributed by atoms with van der Waals surface area (Å²) in [6, 6.07) is 11.2. The summed E-state index contributed by atoms with van der Waals surface area (Å²) in [5, 5.41) is 0.455. The fourth-order valence-electron chi connectivity index (χ4n) is 3.01. The van der Waals surface area contributed by atoms with Gasteiger partial charge in [0.15, 0.2) is 0 Å². The van der Waals surface area contributed by atoms with E-state index in [4.69, 9.17) is 9.47 Å². The van der Waals surface area contributed by atoms with Crippen LogP contribution in [0.1, 0.15) is 22.8 Å². The molecule has 1 N–H and O–H groups in total. The van der Waals surface area contributed by atoms with Crippen LogP contribution in [0.5, 0.6) is 5.75 Å². The lowest BCUT2D eigenvalue weighted by molar-refractivity contribution is 0.0535. The lowest BCUT2D eigenvalue weighted by atomic mass is 10.1. The molecule has 0 bridgehead atoms. The number of hydrogen-bond donors (Lipinski definition) is 1. The Hall–Kier alpha value is -3.13. The Kier molecular flexibility index (Phi) is 4.19. The zero-order valence-electron chi connectivity index (χ0n) is 14.4. The van der Waals surface area contributed by atoms with Crippen molar-refractivity contribution >= 4 is 32.6 Å². The van der Waals surface area contributed by atoms with Crippen molar-refractivity contribution in [1.29, 1.82) is 0 Å². The maximum absolute atomic E-state index is 13.0.